The molecule has 4 nitrogen and oxygen atoms in total. The van der Waals surface area contributed by atoms with Crippen LogP contribution in [-0.4, -0.2) is 22.8 Å². The van der Waals surface area contributed by atoms with Crippen LogP contribution < -0.4 is 0 Å². The minimum absolute atomic E-state index is 0.0998. The zero-order valence-electron chi connectivity index (χ0n) is 10.8. The molecule has 0 unspecified atom stereocenters. The van der Waals surface area contributed by atoms with Crippen molar-refractivity contribution in [1.82, 2.24) is 10.2 Å². The number of esters is 1. The molecule has 0 amide bonds. The van der Waals surface area contributed by atoms with Gasteiger partial charge >= 0.3 is 12.1 Å². The van der Waals surface area contributed by atoms with Gasteiger partial charge in [-0.3, -0.25) is 5.10 Å². The number of nitrogens with one attached hydrogen (secondary N) is 1. The largest absolute Gasteiger partial charge is 0.461 e. The number of alkyl halides is 3. The van der Waals surface area contributed by atoms with Crippen LogP contribution in [0.3, 0.4) is 0 Å². The number of aromatic amines is 1. The van der Waals surface area contributed by atoms with Crippen LogP contribution in [0.2, 0.25) is 5.02 Å². The van der Waals surface area contributed by atoms with Crippen LogP contribution in [0.15, 0.2) is 24.3 Å². The van der Waals surface area contributed by atoms with Crippen LogP contribution >= 0.6 is 11.6 Å². The van der Waals surface area contributed by atoms with Crippen molar-refractivity contribution in [2.45, 2.75) is 13.1 Å². The number of carbonyl (C=O) groups excluding carboxylic acids is 1. The lowest BCUT2D eigenvalue weighted by atomic mass is 10.1. The Balaban J connectivity index is 2.33. The Morgan fingerprint density at radius 3 is 2.67 bits per heavy atom. The Kier molecular flexibility index (Phi) is 4.22. The molecule has 1 N–H and O–H groups in total. The molecule has 0 radical (unpaired) electrons. The highest BCUT2D eigenvalue weighted by atomic mass is 35.5. The van der Waals surface area contributed by atoms with Gasteiger partial charge < -0.3 is 4.74 Å². The van der Waals surface area contributed by atoms with Gasteiger partial charge in [-0.15, -0.1) is 0 Å². The summed E-state index contributed by atoms with van der Waals surface area (Å²) in [5.41, 5.74) is -0.201. The predicted molar refractivity (Wildman–Crippen MR) is 70.0 cm³/mol. The van der Waals surface area contributed by atoms with Crippen LogP contribution in [0.4, 0.5) is 13.2 Å². The van der Waals surface area contributed by atoms with E-state index in [1.54, 1.807) is 6.92 Å². The van der Waals surface area contributed by atoms with E-state index in [0.717, 1.165) is 12.1 Å². The summed E-state index contributed by atoms with van der Waals surface area (Å²) < 4.78 is 42.4. The van der Waals surface area contributed by atoms with Crippen molar-refractivity contribution < 1.29 is 22.7 Å². The van der Waals surface area contributed by atoms with E-state index in [1.807, 2.05) is 0 Å². The predicted octanol–water partition coefficient (Wildman–Crippen LogP) is 3.93. The number of carbonyl (C=O) groups is 1. The molecule has 1 aromatic heterocycles. The van der Waals surface area contributed by atoms with Gasteiger partial charge in [0, 0.05) is 5.56 Å². The van der Waals surface area contributed by atoms with Crippen molar-refractivity contribution in [3.8, 4) is 11.3 Å². The highest BCUT2D eigenvalue weighted by Gasteiger charge is 2.31. The number of hydrogen-bond acceptors (Lipinski definition) is 3. The fraction of sp³-hybridized carbons (Fsp3) is 0.231. The lowest BCUT2D eigenvalue weighted by Crippen LogP contribution is -2.04. The van der Waals surface area contributed by atoms with Crippen LogP contribution in [0.5, 0.6) is 0 Å². The molecule has 0 spiro atoms. The third-order valence-corrected chi connectivity index (χ3v) is 2.96. The van der Waals surface area contributed by atoms with Crippen molar-refractivity contribution in [3.63, 3.8) is 0 Å². The second-order valence-corrected chi connectivity index (χ2v) is 4.49. The summed E-state index contributed by atoms with van der Waals surface area (Å²) >= 11 is 5.85. The third kappa shape index (κ3) is 3.36. The van der Waals surface area contributed by atoms with E-state index < -0.39 is 17.7 Å². The molecule has 2 rings (SSSR count). The number of hydrogen-bond donors (Lipinski definition) is 1. The number of H-pyrrole nitrogens is 1. The summed E-state index contributed by atoms with van der Waals surface area (Å²) in [7, 11) is 0. The van der Waals surface area contributed by atoms with Gasteiger partial charge in [0.1, 0.15) is 5.69 Å². The maximum Gasteiger partial charge on any atom is 0.416 e. The molecular weight excluding hydrogens is 309 g/mol. The number of aromatic nitrogens is 2. The van der Waals surface area contributed by atoms with E-state index in [0.29, 0.717) is 0 Å². The first-order chi connectivity index (χ1) is 9.82. The summed E-state index contributed by atoms with van der Waals surface area (Å²) in [6.07, 6.45) is -4.47. The zero-order valence-corrected chi connectivity index (χ0v) is 11.5. The first-order valence-corrected chi connectivity index (χ1v) is 6.30. The lowest BCUT2D eigenvalue weighted by Gasteiger charge is -2.08. The van der Waals surface area contributed by atoms with E-state index in [2.05, 4.69) is 10.2 Å². The van der Waals surface area contributed by atoms with Crippen molar-refractivity contribution >= 4 is 17.6 Å². The summed E-state index contributed by atoms with van der Waals surface area (Å²) in [6, 6.07) is 4.29. The van der Waals surface area contributed by atoms with E-state index in [1.165, 1.54) is 12.1 Å². The molecule has 21 heavy (non-hydrogen) atoms. The fourth-order valence-corrected chi connectivity index (χ4v) is 1.95. The van der Waals surface area contributed by atoms with Gasteiger partial charge in [-0.2, -0.15) is 18.3 Å². The third-order valence-electron chi connectivity index (χ3n) is 2.65. The van der Waals surface area contributed by atoms with E-state index in [4.69, 9.17) is 16.3 Å². The monoisotopic (exact) mass is 318 g/mol. The summed E-state index contributed by atoms with van der Waals surface area (Å²) in [6.45, 7) is 1.86. The summed E-state index contributed by atoms with van der Waals surface area (Å²) in [5.74, 6) is -0.598. The standard InChI is InChI=1S/C13H10ClF3N2O2/c1-2-21-12(20)11-6-10(18-19-11)8-4-3-7(5-9(8)14)13(15,16)17/h3-6H,2H2,1H3,(H,18,19). The number of ether oxygens (including phenoxy) is 1. The molecule has 1 aromatic carbocycles. The molecular formula is C13H10ClF3N2O2. The Hall–Kier alpha value is -2.02. The maximum atomic E-state index is 12.6. The average Bonchev–Trinajstić information content (AvgIpc) is 2.87. The van der Waals surface area contributed by atoms with Crippen LogP contribution in [0.1, 0.15) is 23.0 Å². The SMILES string of the molecule is CCOC(=O)c1cc(-c2ccc(C(F)(F)F)cc2Cl)n[nH]1. The first kappa shape index (κ1) is 15.4. The topological polar surface area (TPSA) is 55.0 Å². The van der Waals surface area contributed by atoms with Crippen molar-refractivity contribution in [2.24, 2.45) is 0 Å². The van der Waals surface area contributed by atoms with Gasteiger partial charge in [0.2, 0.25) is 0 Å². The molecule has 0 saturated heterocycles. The summed E-state index contributed by atoms with van der Waals surface area (Å²) in [5, 5.41) is 6.20. The molecule has 2 aromatic rings. The normalized spacial score (nSPS) is 11.5. The van der Waals surface area contributed by atoms with Crippen LogP contribution in [-0.2, 0) is 10.9 Å². The minimum Gasteiger partial charge on any atom is -0.461 e. The van der Waals surface area contributed by atoms with Gasteiger partial charge in [-0.05, 0) is 25.1 Å². The molecule has 1 heterocycles. The molecule has 0 fully saturated rings. The molecule has 0 bridgehead atoms. The Morgan fingerprint density at radius 2 is 2.10 bits per heavy atom. The highest BCUT2D eigenvalue weighted by molar-refractivity contribution is 6.33. The summed E-state index contributed by atoms with van der Waals surface area (Å²) in [4.78, 5) is 11.5. The van der Waals surface area contributed by atoms with Crippen LogP contribution in [0.25, 0.3) is 11.3 Å². The van der Waals surface area contributed by atoms with Crippen molar-refractivity contribution in [3.05, 3.63) is 40.5 Å². The van der Waals surface area contributed by atoms with Crippen molar-refractivity contribution in [2.75, 3.05) is 6.61 Å². The van der Waals surface area contributed by atoms with Crippen molar-refractivity contribution in [1.29, 1.82) is 0 Å². The quantitative estimate of drug-likeness (QED) is 0.872. The van der Waals surface area contributed by atoms with E-state index in [-0.39, 0.29) is 28.6 Å². The number of rotatable bonds is 3. The van der Waals surface area contributed by atoms with Gasteiger partial charge in [-0.25, -0.2) is 4.79 Å². The molecule has 0 saturated carbocycles. The molecule has 0 aliphatic heterocycles. The van der Waals surface area contributed by atoms with Crippen LogP contribution in [0, 0.1) is 0 Å². The van der Waals surface area contributed by atoms with E-state index >= 15 is 0 Å². The lowest BCUT2D eigenvalue weighted by molar-refractivity contribution is -0.137. The van der Waals surface area contributed by atoms with E-state index in [9.17, 15) is 18.0 Å². The average molecular weight is 319 g/mol. The second kappa shape index (κ2) is 5.77. The number of nitrogens with zero attached hydrogens (tertiary/aromatic N) is 1. The van der Waals surface area contributed by atoms with Gasteiger partial charge in [0.05, 0.1) is 22.9 Å². The minimum atomic E-state index is -4.47. The Bertz CT molecular complexity index is 668. The van der Waals surface area contributed by atoms with Gasteiger partial charge in [0.15, 0.2) is 0 Å². The molecule has 0 atom stereocenters. The smallest absolute Gasteiger partial charge is 0.416 e. The first-order valence-electron chi connectivity index (χ1n) is 5.92. The van der Waals surface area contributed by atoms with Gasteiger partial charge in [-0.1, -0.05) is 17.7 Å². The molecule has 112 valence electrons. The maximum absolute atomic E-state index is 12.6. The highest BCUT2D eigenvalue weighted by Crippen LogP contribution is 2.35. The molecule has 0 aliphatic carbocycles. The molecule has 0 aliphatic rings. The Morgan fingerprint density at radius 1 is 1.38 bits per heavy atom. The molecule has 8 heteroatoms. The van der Waals surface area contributed by atoms with Gasteiger partial charge in [0.25, 0.3) is 0 Å². The zero-order chi connectivity index (χ0) is 15.6. The fourth-order valence-electron chi connectivity index (χ4n) is 1.67. The Labute approximate surface area is 122 Å². The number of halogens is 4. The second-order valence-electron chi connectivity index (χ2n) is 4.08. The number of benzene rings is 1.